The summed E-state index contributed by atoms with van der Waals surface area (Å²) in [7, 11) is 4.13. The normalized spacial score (nSPS) is 11.4. The molecule has 2 heterocycles. The highest BCUT2D eigenvalue weighted by Gasteiger charge is 2.16. The summed E-state index contributed by atoms with van der Waals surface area (Å²) in [5, 5.41) is 1.25. The van der Waals surface area contributed by atoms with E-state index in [4.69, 9.17) is 10.7 Å². The van der Waals surface area contributed by atoms with Crippen molar-refractivity contribution in [3.05, 3.63) is 42.0 Å². The lowest BCUT2D eigenvalue weighted by Gasteiger charge is -2.00. The first-order valence-corrected chi connectivity index (χ1v) is 6.90. The molecule has 0 amide bonds. The molecule has 0 saturated carbocycles. The van der Waals surface area contributed by atoms with Gasteiger partial charge in [-0.15, -0.1) is 0 Å². The molecular weight excluding hydrogens is 248 g/mol. The van der Waals surface area contributed by atoms with Gasteiger partial charge < -0.3 is 14.9 Å². The Hall–Kier alpha value is -2.07. The van der Waals surface area contributed by atoms with Gasteiger partial charge in [0.25, 0.3) is 0 Å². The summed E-state index contributed by atoms with van der Waals surface area (Å²) < 4.78 is 4.30. The topological polar surface area (TPSA) is 48.8 Å². The molecule has 0 bridgehead atoms. The Balaban J connectivity index is 2.23. The number of nitrogens with two attached hydrogens (primary N) is 1. The minimum atomic E-state index is 0.624. The number of aryl methyl sites for hydroxylation is 1. The largest absolute Gasteiger partial charge is 0.350 e. The third-order valence-corrected chi connectivity index (χ3v) is 3.99. The van der Waals surface area contributed by atoms with Crippen molar-refractivity contribution in [2.24, 2.45) is 19.8 Å². The van der Waals surface area contributed by atoms with Gasteiger partial charge in [0.2, 0.25) is 0 Å². The average molecular weight is 268 g/mol. The second-order valence-electron chi connectivity index (χ2n) is 5.23. The van der Waals surface area contributed by atoms with E-state index >= 15 is 0 Å². The number of aromatic nitrogens is 3. The number of fused-ring (bicyclic) bond motifs is 1. The van der Waals surface area contributed by atoms with E-state index in [0.29, 0.717) is 6.54 Å². The van der Waals surface area contributed by atoms with Crippen LogP contribution in [0.1, 0.15) is 11.5 Å². The van der Waals surface area contributed by atoms with Gasteiger partial charge in [0.1, 0.15) is 5.82 Å². The van der Waals surface area contributed by atoms with Crippen LogP contribution in [0.4, 0.5) is 0 Å². The maximum atomic E-state index is 5.66. The lowest BCUT2D eigenvalue weighted by molar-refractivity contribution is 0.761. The fourth-order valence-corrected chi connectivity index (χ4v) is 2.78. The highest BCUT2D eigenvalue weighted by atomic mass is 15.1. The van der Waals surface area contributed by atoms with Crippen LogP contribution in [0.25, 0.3) is 22.2 Å². The first-order chi connectivity index (χ1) is 9.63. The molecular formula is C16H20N4. The summed E-state index contributed by atoms with van der Waals surface area (Å²) >= 11 is 0. The molecule has 104 valence electrons. The second-order valence-corrected chi connectivity index (χ2v) is 5.23. The number of benzene rings is 1. The second kappa shape index (κ2) is 4.80. The molecule has 0 aliphatic carbocycles. The Bertz CT molecular complexity index is 764. The van der Waals surface area contributed by atoms with E-state index in [0.717, 1.165) is 17.9 Å². The van der Waals surface area contributed by atoms with E-state index < -0.39 is 0 Å². The van der Waals surface area contributed by atoms with E-state index in [1.165, 1.54) is 22.2 Å². The van der Waals surface area contributed by atoms with Crippen LogP contribution < -0.4 is 5.73 Å². The molecule has 0 fully saturated rings. The van der Waals surface area contributed by atoms with Gasteiger partial charge in [0.15, 0.2) is 0 Å². The standard InChI is InChI=1S/C16H20N4/c1-11-16(18-15(8-9-17)20(11)3)13-10-19(2)14-7-5-4-6-12(13)14/h4-7,10H,8-9,17H2,1-3H3. The third-order valence-electron chi connectivity index (χ3n) is 3.99. The maximum absolute atomic E-state index is 5.66. The Morgan fingerprint density at radius 2 is 1.95 bits per heavy atom. The molecule has 0 saturated heterocycles. The van der Waals surface area contributed by atoms with E-state index in [2.05, 4.69) is 60.6 Å². The molecule has 0 spiro atoms. The molecule has 20 heavy (non-hydrogen) atoms. The zero-order chi connectivity index (χ0) is 14.3. The Labute approximate surface area is 118 Å². The minimum absolute atomic E-state index is 0.624. The van der Waals surface area contributed by atoms with Gasteiger partial charge in [-0.1, -0.05) is 18.2 Å². The number of para-hydroxylation sites is 1. The summed E-state index contributed by atoms with van der Waals surface area (Å²) in [6.45, 7) is 2.74. The van der Waals surface area contributed by atoms with Gasteiger partial charge >= 0.3 is 0 Å². The zero-order valence-corrected chi connectivity index (χ0v) is 12.2. The van der Waals surface area contributed by atoms with Gasteiger partial charge in [0.05, 0.1) is 5.69 Å². The van der Waals surface area contributed by atoms with Gasteiger partial charge in [-0.3, -0.25) is 0 Å². The van der Waals surface area contributed by atoms with Crippen LogP contribution in [0.3, 0.4) is 0 Å². The molecule has 2 N–H and O–H groups in total. The number of hydrogen-bond donors (Lipinski definition) is 1. The predicted molar refractivity (Wildman–Crippen MR) is 82.6 cm³/mol. The van der Waals surface area contributed by atoms with Gasteiger partial charge in [-0.25, -0.2) is 4.98 Å². The third kappa shape index (κ3) is 1.84. The van der Waals surface area contributed by atoms with Gasteiger partial charge in [0, 0.05) is 48.9 Å². The van der Waals surface area contributed by atoms with Crippen molar-refractivity contribution in [1.29, 1.82) is 0 Å². The number of rotatable bonds is 3. The van der Waals surface area contributed by atoms with Crippen molar-refractivity contribution < 1.29 is 0 Å². The van der Waals surface area contributed by atoms with Crippen LogP contribution in [0, 0.1) is 6.92 Å². The van der Waals surface area contributed by atoms with Gasteiger partial charge in [-0.05, 0) is 19.5 Å². The molecule has 2 aromatic heterocycles. The molecule has 0 aliphatic rings. The lowest BCUT2D eigenvalue weighted by Crippen LogP contribution is -2.08. The smallest absolute Gasteiger partial charge is 0.110 e. The van der Waals surface area contributed by atoms with E-state index in [9.17, 15) is 0 Å². The number of nitrogens with zero attached hydrogens (tertiary/aromatic N) is 3. The van der Waals surface area contributed by atoms with Crippen molar-refractivity contribution in [2.75, 3.05) is 6.54 Å². The summed E-state index contributed by atoms with van der Waals surface area (Å²) in [5.41, 5.74) is 10.3. The van der Waals surface area contributed by atoms with Crippen LogP contribution in [-0.2, 0) is 20.5 Å². The predicted octanol–water partition coefficient (Wildman–Crippen LogP) is 2.39. The Morgan fingerprint density at radius 3 is 2.70 bits per heavy atom. The maximum Gasteiger partial charge on any atom is 0.110 e. The molecule has 0 radical (unpaired) electrons. The molecule has 4 heteroatoms. The molecule has 0 atom stereocenters. The molecule has 4 nitrogen and oxygen atoms in total. The van der Waals surface area contributed by atoms with Crippen molar-refractivity contribution in [2.45, 2.75) is 13.3 Å². The van der Waals surface area contributed by atoms with Crippen molar-refractivity contribution >= 4 is 10.9 Å². The first kappa shape index (κ1) is 12.9. The van der Waals surface area contributed by atoms with Crippen molar-refractivity contribution in [1.82, 2.24) is 14.1 Å². The highest BCUT2D eigenvalue weighted by molar-refractivity contribution is 5.95. The minimum Gasteiger partial charge on any atom is -0.350 e. The summed E-state index contributed by atoms with van der Waals surface area (Å²) in [4.78, 5) is 4.80. The Morgan fingerprint density at radius 1 is 1.20 bits per heavy atom. The fourth-order valence-electron chi connectivity index (χ4n) is 2.78. The van der Waals surface area contributed by atoms with Gasteiger partial charge in [-0.2, -0.15) is 0 Å². The van der Waals surface area contributed by atoms with Crippen LogP contribution in [0.2, 0.25) is 0 Å². The summed E-state index contributed by atoms with van der Waals surface area (Å²) in [6, 6.07) is 8.43. The molecule has 0 unspecified atom stereocenters. The Kier molecular flexibility index (Phi) is 3.10. The molecule has 3 rings (SSSR count). The van der Waals surface area contributed by atoms with Crippen molar-refractivity contribution in [3.8, 4) is 11.3 Å². The SMILES string of the molecule is Cc1c(-c2cn(C)c3ccccc23)nc(CCN)n1C. The number of hydrogen-bond acceptors (Lipinski definition) is 2. The number of imidazole rings is 1. The lowest BCUT2D eigenvalue weighted by atomic mass is 10.1. The van der Waals surface area contributed by atoms with E-state index in [1.807, 2.05) is 0 Å². The quantitative estimate of drug-likeness (QED) is 0.793. The molecule has 3 aromatic rings. The molecule has 1 aromatic carbocycles. The van der Waals surface area contributed by atoms with E-state index in [-0.39, 0.29) is 0 Å². The fraction of sp³-hybridized carbons (Fsp3) is 0.312. The van der Waals surface area contributed by atoms with Crippen molar-refractivity contribution in [3.63, 3.8) is 0 Å². The average Bonchev–Trinajstić information content (AvgIpc) is 2.92. The molecule has 0 aliphatic heterocycles. The first-order valence-electron chi connectivity index (χ1n) is 6.90. The van der Waals surface area contributed by atoms with Crippen LogP contribution in [-0.4, -0.2) is 20.7 Å². The monoisotopic (exact) mass is 268 g/mol. The summed E-state index contributed by atoms with van der Waals surface area (Å²) in [5.74, 6) is 1.05. The van der Waals surface area contributed by atoms with Crippen LogP contribution >= 0.6 is 0 Å². The zero-order valence-electron chi connectivity index (χ0n) is 12.2. The van der Waals surface area contributed by atoms with Crippen LogP contribution in [0.5, 0.6) is 0 Å². The van der Waals surface area contributed by atoms with Crippen LogP contribution in [0.15, 0.2) is 30.5 Å². The van der Waals surface area contributed by atoms with E-state index in [1.54, 1.807) is 0 Å². The highest BCUT2D eigenvalue weighted by Crippen LogP contribution is 2.31. The summed E-state index contributed by atoms with van der Waals surface area (Å²) in [6.07, 6.45) is 2.97.